The first-order valence-electron chi connectivity index (χ1n) is 4.68. The monoisotopic (exact) mass is 195 g/mol. The van der Waals surface area contributed by atoms with Crippen LogP contribution in [0, 0.1) is 0 Å². The van der Waals surface area contributed by atoms with Crippen LogP contribution in [0.1, 0.15) is 20.8 Å². The number of carbonyl (C=O) groups excluding carboxylic acids is 1. The Kier molecular flexibility index (Phi) is 5.73. The second kappa shape index (κ2) is 5.99. The van der Waals surface area contributed by atoms with Crippen molar-refractivity contribution in [2.75, 3.05) is 13.2 Å². The van der Waals surface area contributed by atoms with Crippen LogP contribution in [-0.4, -0.2) is 38.3 Å². The van der Waals surface area contributed by atoms with Gasteiger partial charge in [-0.1, -0.05) is 19.9 Å². The van der Waals surface area contributed by atoms with Crippen molar-refractivity contribution < 1.29 is 9.53 Å². The van der Waals surface area contributed by atoms with E-state index < -0.39 is 5.44 Å². The summed E-state index contributed by atoms with van der Waals surface area (Å²) < 4.78 is 5.18. The molecule has 1 N–H and O–H groups in total. The summed E-state index contributed by atoms with van der Waals surface area (Å²) in [7, 11) is 5.86. The Hall–Kier alpha value is -0.605. The molecule has 0 amide bonds. The number of ketones is 1. The molecule has 78 valence electrons. The van der Waals surface area contributed by atoms with Gasteiger partial charge in [0.25, 0.3) is 0 Å². The van der Waals surface area contributed by atoms with E-state index >= 15 is 0 Å². The number of Topliss-reactive ketones (excluding diaryl/α,β-unsaturated/α-hetero) is 1. The molecule has 14 heavy (non-hydrogen) atoms. The predicted octanol–water partition coefficient (Wildman–Crippen LogP) is 0.641. The minimum absolute atomic E-state index is 0.129. The van der Waals surface area contributed by atoms with Gasteiger partial charge in [0.2, 0.25) is 0 Å². The van der Waals surface area contributed by atoms with Gasteiger partial charge in [-0.25, -0.2) is 0 Å². The quantitative estimate of drug-likeness (QED) is 0.368. The fraction of sp³-hybridized carbons (Fsp3) is 0.700. The third-order valence-corrected chi connectivity index (χ3v) is 1.74. The van der Waals surface area contributed by atoms with Gasteiger partial charge in [0.1, 0.15) is 13.6 Å². The van der Waals surface area contributed by atoms with Crippen molar-refractivity contribution in [1.82, 2.24) is 5.32 Å². The lowest BCUT2D eigenvalue weighted by Gasteiger charge is -2.30. The van der Waals surface area contributed by atoms with Crippen LogP contribution in [-0.2, 0) is 9.53 Å². The molecule has 0 saturated heterocycles. The average molecular weight is 195 g/mol. The van der Waals surface area contributed by atoms with E-state index in [0.717, 1.165) is 0 Å². The lowest BCUT2D eigenvalue weighted by molar-refractivity contribution is -0.122. The number of hydrogen-bond donors (Lipinski definition) is 1. The normalized spacial score (nSPS) is 15.1. The van der Waals surface area contributed by atoms with E-state index in [1.54, 1.807) is 6.08 Å². The van der Waals surface area contributed by atoms with Gasteiger partial charge < -0.3 is 10.1 Å². The summed E-state index contributed by atoms with van der Waals surface area (Å²) in [5, 5.41) is 2.98. The molecule has 2 radical (unpaired) electrons. The summed E-state index contributed by atoms with van der Waals surface area (Å²) in [5.41, 5.74) is -1.09. The molecule has 0 unspecified atom stereocenters. The Morgan fingerprint density at radius 3 is 2.64 bits per heavy atom. The molecule has 0 heterocycles. The zero-order valence-corrected chi connectivity index (χ0v) is 9.17. The van der Waals surface area contributed by atoms with Gasteiger partial charge in [-0.15, -0.1) is 6.58 Å². The molecular formula is C10H18BNO2. The fourth-order valence-corrected chi connectivity index (χ4v) is 1.06. The van der Waals surface area contributed by atoms with Crippen LogP contribution in [0.5, 0.6) is 0 Å². The smallest absolute Gasteiger partial charge is 0.142 e. The highest BCUT2D eigenvalue weighted by Crippen LogP contribution is 2.04. The number of nitrogens with one attached hydrogen (secondary N) is 1. The number of carbonyl (C=O) groups is 1. The molecule has 0 aliphatic carbocycles. The molecule has 0 saturated carbocycles. The van der Waals surface area contributed by atoms with Crippen molar-refractivity contribution >= 4 is 13.6 Å². The molecule has 0 aromatic rings. The van der Waals surface area contributed by atoms with E-state index in [4.69, 9.17) is 12.6 Å². The molecule has 4 heteroatoms. The van der Waals surface area contributed by atoms with Crippen LogP contribution >= 0.6 is 0 Å². The van der Waals surface area contributed by atoms with E-state index in [2.05, 4.69) is 11.9 Å². The highest BCUT2D eigenvalue weighted by atomic mass is 16.5. The minimum Gasteiger partial charge on any atom is -0.376 e. The highest BCUT2D eigenvalue weighted by Gasteiger charge is 2.29. The maximum Gasteiger partial charge on any atom is 0.142 e. The lowest BCUT2D eigenvalue weighted by Crippen LogP contribution is -2.57. The zero-order chi connectivity index (χ0) is 11.2. The molecule has 0 spiro atoms. The van der Waals surface area contributed by atoms with Gasteiger partial charge in [0, 0.05) is 6.04 Å². The lowest BCUT2D eigenvalue weighted by atomic mass is 9.74. The Morgan fingerprint density at radius 2 is 2.29 bits per heavy atom. The predicted molar refractivity (Wildman–Crippen MR) is 58.5 cm³/mol. The Labute approximate surface area is 87.3 Å². The summed E-state index contributed by atoms with van der Waals surface area (Å²) in [6, 6.07) is 0.135. The van der Waals surface area contributed by atoms with Gasteiger partial charge in [0.15, 0.2) is 0 Å². The van der Waals surface area contributed by atoms with Crippen LogP contribution in [0.2, 0.25) is 0 Å². The third kappa shape index (κ3) is 4.58. The minimum atomic E-state index is -1.09. The van der Waals surface area contributed by atoms with Crippen LogP contribution in [0.4, 0.5) is 0 Å². The third-order valence-electron chi connectivity index (χ3n) is 1.74. The topological polar surface area (TPSA) is 38.3 Å². The molecule has 1 atom stereocenters. The largest absolute Gasteiger partial charge is 0.376 e. The summed E-state index contributed by atoms with van der Waals surface area (Å²) in [4.78, 5) is 11.3. The van der Waals surface area contributed by atoms with Gasteiger partial charge in [-0.05, 0) is 6.92 Å². The molecule has 0 bridgehead atoms. The van der Waals surface area contributed by atoms with Crippen molar-refractivity contribution in [3.8, 4) is 0 Å². The highest BCUT2D eigenvalue weighted by molar-refractivity contribution is 6.28. The molecule has 0 aromatic heterocycles. The summed E-state index contributed by atoms with van der Waals surface area (Å²) in [6.07, 6.45) is 1.62. The van der Waals surface area contributed by atoms with Crippen molar-refractivity contribution in [3.05, 3.63) is 12.7 Å². The SMILES string of the molecule is [B][C@](COCC=C)(NC(C)C)C(C)=O. The Bertz CT molecular complexity index is 206. The van der Waals surface area contributed by atoms with Crippen LogP contribution in [0.25, 0.3) is 0 Å². The molecule has 0 aromatic carbocycles. The van der Waals surface area contributed by atoms with E-state index in [1.807, 2.05) is 13.8 Å². The first kappa shape index (κ1) is 13.4. The van der Waals surface area contributed by atoms with Crippen molar-refractivity contribution in [1.29, 1.82) is 0 Å². The van der Waals surface area contributed by atoms with E-state index in [1.165, 1.54) is 6.92 Å². The maximum atomic E-state index is 11.3. The van der Waals surface area contributed by atoms with Gasteiger partial charge in [-0.3, -0.25) is 4.79 Å². The van der Waals surface area contributed by atoms with Crippen LogP contribution in [0.15, 0.2) is 12.7 Å². The van der Waals surface area contributed by atoms with Crippen molar-refractivity contribution in [2.45, 2.75) is 32.3 Å². The molecule has 0 aliphatic rings. The summed E-state index contributed by atoms with van der Waals surface area (Å²) >= 11 is 0. The number of ether oxygens (including phenoxy) is 1. The molecular weight excluding hydrogens is 177 g/mol. The molecule has 3 nitrogen and oxygen atoms in total. The van der Waals surface area contributed by atoms with Gasteiger partial charge in [-0.2, -0.15) is 0 Å². The van der Waals surface area contributed by atoms with Crippen molar-refractivity contribution in [3.63, 3.8) is 0 Å². The standard InChI is InChI=1S/C10H18BNO2/c1-5-6-14-7-10(11,9(4)13)12-8(2)3/h5,8,12H,1,6-7H2,2-4H3/t10-/m1/s1. The van der Waals surface area contributed by atoms with Gasteiger partial charge >= 0.3 is 0 Å². The zero-order valence-electron chi connectivity index (χ0n) is 9.17. The molecule has 0 rings (SSSR count). The number of rotatable bonds is 7. The van der Waals surface area contributed by atoms with E-state index in [-0.39, 0.29) is 18.4 Å². The van der Waals surface area contributed by atoms with Crippen molar-refractivity contribution in [2.24, 2.45) is 0 Å². The van der Waals surface area contributed by atoms with E-state index in [0.29, 0.717) is 6.61 Å². The average Bonchev–Trinajstić information content (AvgIpc) is 2.03. The molecule has 0 fully saturated rings. The van der Waals surface area contributed by atoms with Crippen LogP contribution in [0.3, 0.4) is 0 Å². The second-order valence-corrected chi connectivity index (χ2v) is 3.63. The Balaban J connectivity index is 4.24. The maximum absolute atomic E-state index is 11.3. The summed E-state index contributed by atoms with van der Waals surface area (Å²) in [6.45, 7) is 9.38. The summed E-state index contributed by atoms with van der Waals surface area (Å²) in [5.74, 6) is -0.129. The van der Waals surface area contributed by atoms with E-state index in [9.17, 15) is 4.79 Å². The second-order valence-electron chi connectivity index (χ2n) is 3.63. The first-order valence-corrected chi connectivity index (χ1v) is 4.68. The Morgan fingerprint density at radius 1 is 1.71 bits per heavy atom. The van der Waals surface area contributed by atoms with Crippen LogP contribution < -0.4 is 5.32 Å². The molecule has 0 aliphatic heterocycles. The first-order chi connectivity index (χ1) is 6.42. The van der Waals surface area contributed by atoms with Gasteiger partial charge in [0.05, 0.1) is 18.7 Å². The fourth-order valence-electron chi connectivity index (χ4n) is 1.06. The number of hydrogen-bond acceptors (Lipinski definition) is 3.